The van der Waals surface area contributed by atoms with E-state index in [0.717, 1.165) is 24.4 Å². The fourth-order valence-corrected chi connectivity index (χ4v) is 4.37. The summed E-state index contributed by atoms with van der Waals surface area (Å²) in [5, 5.41) is 0. The van der Waals surface area contributed by atoms with Crippen molar-refractivity contribution in [2.75, 3.05) is 7.11 Å². The van der Waals surface area contributed by atoms with Gasteiger partial charge in [0.1, 0.15) is 11.6 Å². The first kappa shape index (κ1) is 21.2. The SMILES string of the molecule is CCCCCCC1=Nc2cc(OC)ccc2C(c2ccccc2)N1Cc1ccccc1. The highest BCUT2D eigenvalue weighted by Crippen LogP contribution is 2.42. The second kappa shape index (κ2) is 10.3. The van der Waals surface area contributed by atoms with Gasteiger partial charge in [-0.25, -0.2) is 4.99 Å². The first-order valence-corrected chi connectivity index (χ1v) is 11.4. The molecule has 0 amide bonds. The molecule has 0 saturated carbocycles. The summed E-state index contributed by atoms with van der Waals surface area (Å²) in [7, 11) is 1.72. The lowest BCUT2D eigenvalue weighted by molar-refractivity contribution is 0.335. The standard InChI is InChI=1S/C28H32N2O/c1-3-4-5-12-17-27-29-26-20-24(31-2)18-19-25(26)28(23-15-10-7-11-16-23)30(27)21-22-13-8-6-9-14-22/h6-11,13-16,18-20,28H,3-5,12,17,21H2,1-2H3. The fourth-order valence-electron chi connectivity index (χ4n) is 4.37. The average Bonchev–Trinajstić information content (AvgIpc) is 2.83. The summed E-state index contributed by atoms with van der Waals surface area (Å²) < 4.78 is 5.51. The molecule has 0 aromatic heterocycles. The number of methoxy groups -OCH3 is 1. The maximum Gasteiger partial charge on any atom is 0.121 e. The van der Waals surface area contributed by atoms with Gasteiger partial charge in [-0.2, -0.15) is 0 Å². The van der Waals surface area contributed by atoms with Crippen LogP contribution in [-0.2, 0) is 6.54 Å². The zero-order valence-corrected chi connectivity index (χ0v) is 18.6. The predicted octanol–water partition coefficient (Wildman–Crippen LogP) is 7.30. The van der Waals surface area contributed by atoms with Crippen LogP contribution in [-0.4, -0.2) is 17.8 Å². The molecule has 160 valence electrons. The van der Waals surface area contributed by atoms with Crippen molar-refractivity contribution in [1.82, 2.24) is 4.90 Å². The number of hydrogen-bond acceptors (Lipinski definition) is 3. The minimum absolute atomic E-state index is 0.140. The molecule has 3 heteroatoms. The fraction of sp³-hybridized carbons (Fsp3) is 0.321. The number of rotatable bonds is 9. The van der Waals surface area contributed by atoms with Gasteiger partial charge < -0.3 is 9.64 Å². The van der Waals surface area contributed by atoms with Gasteiger partial charge >= 0.3 is 0 Å². The van der Waals surface area contributed by atoms with E-state index < -0.39 is 0 Å². The molecule has 0 saturated heterocycles. The van der Waals surface area contributed by atoms with Crippen LogP contribution in [0.4, 0.5) is 5.69 Å². The Bertz CT molecular complexity index is 998. The van der Waals surface area contributed by atoms with Gasteiger partial charge in [0.2, 0.25) is 0 Å². The number of amidine groups is 1. The first-order valence-electron chi connectivity index (χ1n) is 11.4. The molecule has 3 nitrogen and oxygen atoms in total. The van der Waals surface area contributed by atoms with E-state index in [0.29, 0.717) is 0 Å². The normalized spacial score (nSPS) is 15.4. The Balaban J connectivity index is 1.77. The largest absolute Gasteiger partial charge is 0.497 e. The Morgan fingerprint density at radius 1 is 0.871 bits per heavy atom. The average molecular weight is 413 g/mol. The van der Waals surface area contributed by atoms with Crippen LogP contribution >= 0.6 is 0 Å². The van der Waals surface area contributed by atoms with Crippen molar-refractivity contribution < 1.29 is 4.74 Å². The molecule has 0 aliphatic carbocycles. The molecule has 0 bridgehead atoms. The van der Waals surface area contributed by atoms with Crippen LogP contribution in [0.25, 0.3) is 0 Å². The second-order valence-corrected chi connectivity index (χ2v) is 8.19. The molecule has 3 aromatic carbocycles. The molecule has 1 unspecified atom stereocenters. The highest BCUT2D eigenvalue weighted by atomic mass is 16.5. The maximum absolute atomic E-state index is 5.51. The minimum Gasteiger partial charge on any atom is -0.497 e. The predicted molar refractivity (Wildman–Crippen MR) is 129 cm³/mol. The van der Waals surface area contributed by atoms with Crippen molar-refractivity contribution in [1.29, 1.82) is 0 Å². The van der Waals surface area contributed by atoms with Gasteiger partial charge in [0.05, 0.1) is 18.8 Å². The molecular weight excluding hydrogens is 380 g/mol. The first-order chi connectivity index (χ1) is 15.3. The third-order valence-electron chi connectivity index (χ3n) is 5.99. The van der Waals surface area contributed by atoms with Crippen molar-refractivity contribution in [2.24, 2.45) is 4.99 Å². The second-order valence-electron chi connectivity index (χ2n) is 8.19. The Kier molecular flexibility index (Phi) is 7.03. The van der Waals surface area contributed by atoms with Gasteiger partial charge in [-0.1, -0.05) is 92.9 Å². The lowest BCUT2D eigenvalue weighted by atomic mass is 9.92. The summed E-state index contributed by atoms with van der Waals surface area (Å²) in [4.78, 5) is 7.67. The van der Waals surface area contributed by atoms with Crippen LogP contribution < -0.4 is 4.74 Å². The van der Waals surface area contributed by atoms with E-state index in [1.54, 1.807) is 7.11 Å². The van der Waals surface area contributed by atoms with Crippen LogP contribution in [0.3, 0.4) is 0 Å². The molecule has 1 aliphatic heterocycles. The molecular formula is C28H32N2O. The number of aliphatic imine (C=N–C) groups is 1. The summed E-state index contributed by atoms with van der Waals surface area (Å²) in [5.74, 6) is 2.03. The third-order valence-corrected chi connectivity index (χ3v) is 5.99. The highest BCUT2D eigenvalue weighted by Gasteiger charge is 2.31. The van der Waals surface area contributed by atoms with Gasteiger partial charge in [0.15, 0.2) is 0 Å². The van der Waals surface area contributed by atoms with Crippen LogP contribution in [0.5, 0.6) is 5.75 Å². The topological polar surface area (TPSA) is 24.8 Å². The number of fused-ring (bicyclic) bond motifs is 1. The van der Waals surface area contributed by atoms with E-state index in [1.165, 1.54) is 48.2 Å². The van der Waals surface area contributed by atoms with Gasteiger partial charge in [-0.05, 0) is 23.6 Å². The van der Waals surface area contributed by atoms with Crippen LogP contribution in [0.15, 0.2) is 83.9 Å². The van der Waals surface area contributed by atoms with Crippen LogP contribution in [0, 0.1) is 0 Å². The number of nitrogens with zero attached hydrogens (tertiary/aromatic N) is 2. The molecule has 3 aromatic rings. The van der Waals surface area contributed by atoms with Gasteiger partial charge in [0, 0.05) is 24.6 Å². The lowest BCUT2D eigenvalue weighted by Gasteiger charge is -2.39. The summed E-state index contributed by atoms with van der Waals surface area (Å²) in [6, 6.07) is 28.0. The molecule has 1 atom stereocenters. The van der Waals surface area contributed by atoms with Crippen molar-refractivity contribution in [2.45, 2.75) is 51.6 Å². The number of unbranched alkanes of at least 4 members (excludes halogenated alkanes) is 3. The highest BCUT2D eigenvalue weighted by molar-refractivity contribution is 5.88. The Morgan fingerprint density at radius 2 is 1.61 bits per heavy atom. The molecule has 0 radical (unpaired) electrons. The summed E-state index contributed by atoms with van der Waals surface area (Å²) in [6.07, 6.45) is 5.92. The molecule has 0 fully saturated rings. The Labute approximate surface area is 186 Å². The van der Waals surface area contributed by atoms with E-state index >= 15 is 0 Å². The van der Waals surface area contributed by atoms with Crippen LogP contribution in [0.1, 0.15) is 61.8 Å². The molecule has 0 N–H and O–H groups in total. The molecule has 0 spiro atoms. The van der Waals surface area contributed by atoms with Gasteiger partial charge in [-0.15, -0.1) is 0 Å². The Morgan fingerprint density at radius 3 is 2.32 bits per heavy atom. The summed E-state index contributed by atoms with van der Waals surface area (Å²) in [5.41, 5.74) is 4.87. The molecule has 1 heterocycles. The number of benzene rings is 3. The van der Waals surface area contributed by atoms with E-state index in [4.69, 9.17) is 9.73 Å². The van der Waals surface area contributed by atoms with Crippen LogP contribution in [0.2, 0.25) is 0 Å². The van der Waals surface area contributed by atoms with Gasteiger partial charge in [-0.3, -0.25) is 0 Å². The molecule has 1 aliphatic rings. The van der Waals surface area contributed by atoms with Crippen molar-refractivity contribution in [3.05, 3.63) is 95.6 Å². The zero-order chi connectivity index (χ0) is 21.5. The quantitative estimate of drug-likeness (QED) is 0.344. The summed E-state index contributed by atoms with van der Waals surface area (Å²) in [6.45, 7) is 3.10. The summed E-state index contributed by atoms with van der Waals surface area (Å²) >= 11 is 0. The molecule has 31 heavy (non-hydrogen) atoms. The van der Waals surface area contributed by atoms with Crippen molar-refractivity contribution >= 4 is 11.5 Å². The van der Waals surface area contributed by atoms with E-state index in [-0.39, 0.29) is 6.04 Å². The lowest BCUT2D eigenvalue weighted by Crippen LogP contribution is -2.37. The maximum atomic E-state index is 5.51. The van der Waals surface area contributed by atoms with E-state index in [1.807, 2.05) is 0 Å². The Hall–Kier alpha value is -3.07. The number of hydrogen-bond donors (Lipinski definition) is 0. The van der Waals surface area contributed by atoms with Gasteiger partial charge in [0.25, 0.3) is 0 Å². The minimum atomic E-state index is 0.140. The monoisotopic (exact) mass is 412 g/mol. The number of ether oxygens (including phenoxy) is 1. The van der Waals surface area contributed by atoms with E-state index in [2.05, 4.69) is 90.7 Å². The smallest absolute Gasteiger partial charge is 0.121 e. The van der Waals surface area contributed by atoms with E-state index in [9.17, 15) is 0 Å². The zero-order valence-electron chi connectivity index (χ0n) is 18.6. The third kappa shape index (κ3) is 4.99. The van der Waals surface area contributed by atoms with Crippen molar-refractivity contribution in [3.8, 4) is 5.75 Å². The molecule has 4 rings (SSSR count). The van der Waals surface area contributed by atoms with Crippen molar-refractivity contribution in [3.63, 3.8) is 0 Å².